The van der Waals surface area contributed by atoms with Gasteiger partial charge >= 0.3 is 0 Å². The van der Waals surface area contributed by atoms with E-state index in [1.807, 2.05) is 0 Å². The number of hydrogen-bond donors (Lipinski definition) is 1. The Labute approximate surface area is 84.4 Å². The van der Waals surface area contributed by atoms with E-state index in [0.717, 1.165) is 11.8 Å². The maximum absolute atomic E-state index is 13.4. The van der Waals surface area contributed by atoms with Gasteiger partial charge in [0, 0.05) is 0 Å². The molecule has 0 saturated carbocycles. The van der Waals surface area contributed by atoms with E-state index < -0.39 is 11.6 Å². The van der Waals surface area contributed by atoms with Crippen molar-refractivity contribution >= 4 is 5.69 Å². The van der Waals surface area contributed by atoms with Crippen molar-refractivity contribution in [3.63, 3.8) is 0 Å². The molecule has 0 radical (unpaired) electrons. The van der Waals surface area contributed by atoms with Crippen LogP contribution in [0.25, 0.3) is 5.69 Å². The van der Waals surface area contributed by atoms with Gasteiger partial charge in [-0.2, -0.15) is 0 Å². The average Bonchev–Trinajstić information content (AvgIpc) is 2.71. The Balaban J connectivity index is 2.31. The molecule has 1 aliphatic heterocycles. The van der Waals surface area contributed by atoms with Crippen molar-refractivity contribution in [2.75, 3.05) is 5.32 Å². The SMILES string of the molecule is Fc1ccc2c(c1F)NCc1cncn1-2. The third-order valence-electron chi connectivity index (χ3n) is 2.49. The minimum atomic E-state index is -0.843. The third-order valence-corrected chi connectivity index (χ3v) is 2.49. The molecule has 1 aromatic carbocycles. The van der Waals surface area contributed by atoms with Crippen molar-refractivity contribution in [3.05, 3.63) is 42.0 Å². The van der Waals surface area contributed by atoms with Gasteiger partial charge in [-0.15, -0.1) is 0 Å². The first-order valence-corrected chi connectivity index (χ1v) is 4.51. The highest BCUT2D eigenvalue weighted by Gasteiger charge is 2.20. The van der Waals surface area contributed by atoms with E-state index in [-0.39, 0.29) is 5.69 Å². The molecule has 15 heavy (non-hydrogen) atoms. The minimum absolute atomic E-state index is 0.195. The summed E-state index contributed by atoms with van der Waals surface area (Å²) in [6, 6.07) is 2.65. The summed E-state index contributed by atoms with van der Waals surface area (Å²) in [6.45, 7) is 0.452. The molecule has 0 atom stereocenters. The fourth-order valence-electron chi connectivity index (χ4n) is 1.76. The predicted octanol–water partition coefficient (Wildman–Crippen LogP) is 2.08. The van der Waals surface area contributed by atoms with E-state index in [1.54, 1.807) is 17.1 Å². The summed E-state index contributed by atoms with van der Waals surface area (Å²) < 4.78 is 28.1. The van der Waals surface area contributed by atoms with Crippen LogP contribution in [0, 0.1) is 11.6 Å². The number of fused-ring (bicyclic) bond motifs is 3. The quantitative estimate of drug-likeness (QED) is 0.716. The summed E-state index contributed by atoms with van der Waals surface area (Å²) >= 11 is 0. The number of hydrogen-bond acceptors (Lipinski definition) is 2. The van der Waals surface area contributed by atoms with Gasteiger partial charge in [0.25, 0.3) is 0 Å². The van der Waals surface area contributed by atoms with E-state index in [2.05, 4.69) is 10.3 Å². The molecule has 1 aromatic heterocycles. The molecular weight excluding hydrogens is 200 g/mol. The van der Waals surface area contributed by atoms with Gasteiger partial charge in [-0.3, -0.25) is 4.57 Å². The van der Waals surface area contributed by atoms with Gasteiger partial charge in [-0.1, -0.05) is 0 Å². The average molecular weight is 207 g/mol. The van der Waals surface area contributed by atoms with Crippen molar-refractivity contribution in [2.45, 2.75) is 6.54 Å². The van der Waals surface area contributed by atoms with Crippen LogP contribution in [0.4, 0.5) is 14.5 Å². The molecule has 0 spiro atoms. The van der Waals surface area contributed by atoms with Crippen LogP contribution >= 0.6 is 0 Å². The zero-order valence-electron chi connectivity index (χ0n) is 7.67. The zero-order valence-corrected chi connectivity index (χ0v) is 7.67. The van der Waals surface area contributed by atoms with Crippen LogP contribution < -0.4 is 5.32 Å². The van der Waals surface area contributed by atoms with E-state index in [4.69, 9.17) is 0 Å². The van der Waals surface area contributed by atoms with E-state index in [9.17, 15) is 8.78 Å². The molecule has 1 aliphatic rings. The topological polar surface area (TPSA) is 29.9 Å². The van der Waals surface area contributed by atoms with Gasteiger partial charge in [0.05, 0.1) is 36.1 Å². The lowest BCUT2D eigenvalue weighted by Gasteiger charge is -2.20. The van der Waals surface area contributed by atoms with E-state index >= 15 is 0 Å². The van der Waals surface area contributed by atoms with Gasteiger partial charge in [-0.05, 0) is 12.1 Å². The second-order valence-corrected chi connectivity index (χ2v) is 3.36. The number of imidazole rings is 1. The van der Waals surface area contributed by atoms with Gasteiger partial charge in [0.2, 0.25) is 0 Å². The maximum Gasteiger partial charge on any atom is 0.184 e. The van der Waals surface area contributed by atoms with Gasteiger partial charge in [-0.25, -0.2) is 13.8 Å². The Kier molecular flexibility index (Phi) is 1.56. The monoisotopic (exact) mass is 207 g/mol. The maximum atomic E-state index is 13.4. The number of benzene rings is 1. The lowest BCUT2D eigenvalue weighted by Crippen LogP contribution is -2.16. The summed E-state index contributed by atoms with van der Waals surface area (Å²) in [7, 11) is 0. The van der Waals surface area contributed by atoms with Crippen LogP contribution in [0.1, 0.15) is 5.69 Å². The lowest BCUT2D eigenvalue weighted by atomic mass is 10.2. The minimum Gasteiger partial charge on any atom is -0.375 e. The first-order valence-electron chi connectivity index (χ1n) is 4.51. The van der Waals surface area contributed by atoms with E-state index in [1.165, 1.54) is 6.07 Å². The molecule has 2 heterocycles. The highest BCUT2D eigenvalue weighted by Crippen LogP contribution is 2.30. The first kappa shape index (κ1) is 8.40. The predicted molar refractivity (Wildman–Crippen MR) is 50.8 cm³/mol. The van der Waals surface area contributed by atoms with Crippen molar-refractivity contribution < 1.29 is 8.78 Å². The Hall–Kier alpha value is -1.91. The number of rotatable bonds is 0. The number of anilines is 1. The van der Waals surface area contributed by atoms with Crippen LogP contribution in [0.2, 0.25) is 0 Å². The van der Waals surface area contributed by atoms with Gasteiger partial charge in [0.1, 0.15) is 0 Å². The Morgan fingerprint density at radius 2 is 2.20 bits per heavy atom. The first-order chi connectivity index (χ1) is 7.27. The summed E-state index contributed by atoms with van der Waals surface area (Å²) in [5.74, 6) is -1.68. The van der Waals surface area contributed by atoms with Crippen molar-refractivity contribution in [3.8, 4) is 5.69 Å². The van der Waals surface area contributed by atoms with Gasteiger partial charge in [0.15, 0.2) is 11.6 Å². The smallest absolute Gasteiger partial charge is 0.184 e. The molecule has 3 nitrogen and oxygen atoms in total. The molecule has 0 amide bonds. The Morgan fingerprint density at radius 3 is 3.07 bits per heavy atom. The number of halogens is 2. The highest BCUT2D eigenvalue weighted by atomic mass is 19.2. The molecule has 0 bridgehead atoms. The summed E-state index contributed by atoms with van der Waals surface area (Å²) in [6.07, 6.45) is 3.28. The van der Waals surface area contributed by atoms with Crippen LogP contribution in [0.5, 0.6) is 0 Å². The summed E-state index contributed by atoms with van der Waals surface area (Å²) in [5.41, 5.74) is 1.71. The number of nitrogens with one attached hydrogen (secondary N) is 1. The summed E-state index contributed by atoms with van der Waals surface area (Å²) in [4.78, 5) is 3.96. The van der Waals surface area contributed by atoms with Crippen molar-refractivity contribution in [1.82, 2.24) is 9.55 Å². The molecule has 0 fully saturated rings. The number of nitrogens with zero attached hydrogens (tertiary/aromatic N) is 2. The fourth-order valence-corrected chi connectivity index (χ4v) is 1.76. The van der Waals surface area contributed by atoms with Gasteiger partial charge < -0.3 is 5.32 Å². The molecule has 5 heteroatoms. The zero-order chi connectivity index (χ0) is 10.4. The highest BCUT2D eigenvalue weighted by molar-refractivity contribution is 5.64. The second-order valence-electron chi connectivity index (χ2n) is 3.36. The Morgan fingerprint density at radius 1 is 1.33 bits per heavy atom. The van der Waals surface area contributed by atoms with Crippen LogP contribution in [-0.2, 0) is 6.54 Å². The third kappa shape index (κ3) is 1.06. The van der Waals surface area contributed by atoms with Crippen LogP contribution in [-0.4, -0.2) is 9.55 Å². The molecule has 1 N–H and O–H groups in total. The second kappa shape index (κ2) is 2.79. The number of aromatic nitrogens is 2. The fraction of sp³-hybridized carbons (Fsp3) is 0.100. The van der Waals surface area contributed by atoms with Crippen molar-refractivity contribution in [2.24, 2.45) is 0 Å². The molecule has 76 valence electrons. The lowest BCUT2D eigenvalue weighted by molar-refractivity contribution is 0.509. The molecule has 0 saturated heterocycles. The summed E-state index contributed by atoms with van der Waals surface area (Å²) in [5, 5.41) is 2.84. The van der Waals surface area contributed by atoms with Crippen molar-refractivity contribution in [1.29, 1.82) is 0 Å². The standard InChI is InChI=1S/C10H7F2N3/c11-7-1-2-8-10(9(7)12)14-4-6-3-13-5-15(6)8/h1-3,5,14H,4H2. The Bertz CT molecular complexity index is 533. The van der Waals surface area contributed by atoms with Crippen LogP contribution in [0.15, 0.2) is 24.7 Å². The normalized spacial score (nSPS) is 12.9. The molecule has 0 unspecified atom stereocenters. The van der Waals surface area contributed by atoms with E-state index in [0.29, 0.717) is 12.2 Å². The molecule has 0 aliphatic carbocycles. The largest absolute Gasteiger partial charge is 0.375 e. The molecule has 3 rings (SSSR count). The van der Waals surface area contributed by atoms with Crippen LogP contribution in [0.3, 0.4) is 0 Å². The molecule has 2 aromatic rings. The molecular formula is C10H7F2N3.